The van der Waals surface area contributed by atoms with Gasteiger partial charge in [0.1, 0.15) is 17.4 Å². The van der Waals surface area contributed by atoms with Gasteiger partial charge in [0, 0.05) is 11.6 Å². The summed E-state index contributed by atoms with van der Waals surface area (Å²) in [5, 5.41) is 8.67. The topological polar surface area (TPSA) is 60.1 Å². The first kappa shape index (κ1) is 15.5. The van der Waals surface area contributed by atoms with Crippen LogP contribution >= 0.6 is 0 Å². The predicted molar refractivity (Wildman–Crippen MR) is 91.1 cm³/mol. The number of methoxy groups -OCH3 is 1. The van der Waals surface area contributed by atoms with E-state index in [1.165, 1.54) is 6.07 Å². The lowest BCUT2D eigenvalue weighted by Crippen LogP contribution is -2.00. The molecule has 1 aliphatic rings. The van der Waals surface area contributed by atoms with Crippen molar-refractivity contribution in [1.82, 2.24) is 9.55 Å². The fraction of sp³-hybridized carbons (Fsp3) is 0.263. The molecule has 1 fully saturated rings. The quantitative estimate of drug-likeness (QED) is 0.703. The van der Waals surface area contributed by atoms with Crippen molar-refractivity contribution in [3.8, 4) is 29.0 Å². The standard InChI is InChI=1S/C19H16FN3O2/c1-24-17-11-12(5-8-16(17)25-10-9-21)19-22-18-14(20)3-2-4-15(18)23(19)13-6-7-13/h2-5,8,11,13H,6-7,10H2,1H3. The summed E-state index contributed by atoms with van der Waals surface area (Å²) in [6, 6.07) is 12.7. The second-order valence-corrected chi connectivity index (χ2v) is 5.96. The molecule has 0 saturated heterocycles. The highest BCUT2D eigenvalue weighted by Crippen LogP contribution is 2.42. The third-order valence-corrected chi connectivity index (χ3v) is 4.30. The molecular formula is C19H16FN3O2. The molecule has 0 atom stereocenters. The molecule has 1 heterocycles. The zero-order chi connectivity index (χ0) is 17.4. The molecule has 0 bridgehead atoms. The Morgan fingerprint density at radius 3 is 2.84 bits per heavy atom. The maximum atomic E-state index is 14.2. The summed E-state index contributed by atoms with van der Waals surface area (Å²) < 4.78 is 27.0. The number of imidazole rings is 1. The first-order chi connectivity index (χ1) is 12.2. The molecule has 0 radical (unpaired) electrons. The van der Waals surface area contributed by atoms with Crippen molar-refractivity contribution in [1.29, 1.82) is 5.26 Å². The molecule has 0 unspecified atom stereocenters. The van der Waals surface area contributed by atoms with Crippen LogP contribution in [0.25, 0.3) is 22.4 Å². The van der Waals surface area contributed by atoms with Crippen molar-refractivity contribution in [2.45, 2.75) is 18.9 Å². The smallest absolute Gasteiger partial charge is 0.174 e. The largest absolute Gasteiger partial charge is 0.493 e. The van der Waals surface area contributed by atoms with Crippen LogP contribution in [0.15, 0.2) is 36.4 Å². The lowest BCUT2D eigenvalue weighted by atomic mass is 10.2. The number of hydrogen-bond donors (Lipinski definition) is 0. The molecule has 0 spiro atoms. The minimum atomic E-state index is -0.320. The van der Waals surface area contributed by atoms with Gasteiger partial charge in [0.15, 0.2) is 23.9 Å². The van der Waals surface area contributed by atoms with E-state index in [9.17, 15) is 4.39 Å². The minimum absolute atomic E-state index is 0.0541. The van der Waals surface area contributed by atoms with Gasteiger partial charge in [0.2, 0.25) is 0 Å². The van der Waals surface area contributed by atoms with Gasteiger partial charge in [-0.1, -0.05) is 6.07 Å². The van der Waals surface area contributed by atoms with Gasteiger partial charge in [-0.3, -0.25) is 0 Å². The maximum absolute atomic E-state index is 14.2. The van der Waals surface area contributed by atoms with E-state index in [4.69, 9.17) is 14.7 Å². The molecule has 0 aliphatic heterocycles. The molecule has 2 aromatic carbocycles. The van der Waals surface area contributed by atoms with Crippen LogP contribution in [0.5, 0.6) is 11.5 Å². The summed E-state index contributed by atoms with van der Waals surface area (Å²) in [5.41, 5.74) is 2.01. The summed E-state index contributed by atoms with van der Waals surface area (Å²) in [7, 11) is 1.54. The Morgan fingerprint density at radius 2 is 2.12 bits per heavy atom. The van der Waals surface area contributed by atoms with Crippen LogP contribution in [0.2, 0.25) is 0 Å². The third-order valence-electron chi connectivity index (χ3n) is 4.30. The molecule has 0 amide bonds. The summed E-state index contributed by atoms with van der Waals surface area (Å²) in [6.45, 7) is -0.0541. The Morgan fingerprint density at radius 1 is 1.28 bits per heavy atom. The van der Waals surface area contributed by atoms with E-state index in [0.717, 1.165) is 23.9 Å². The number of para-hydroxylation sites is 1. The Kier molecular flexibility index (Phi) is 3.77. The first-order valence-corrected chi connectivity index (χ1v) is 8.07. The lowest BCUT2D eigenvalue weighted by molar-refractivity contribution is 0.330. The van der Waals surface area contributed by atoms with Gasteiger partial charge in [-0.15, -0.1) is 0 Å². The predicted octanol–water partition coefficient (Wildman–Crippen LogP) is 4.09. The number of ether oxygens (including phenoxy) is 2. The molecule has 1 aliphatic carbocycles. The average molecular weight is 337 g/mol. The van der Waals surface area contributed by atoms with Gasteiger partial charge in [0.05, 0.1) is 12.6 Å². The third kappa shape index (κ3) is 2.68. The zero-order valence-electron chi connectivity index (χ0n) is 13.7. The zero-order valence-corrected chi connectivity index (χ0v) is 13.7. The van der Waals surface area contributed by atoms with Crippen LogP contribution in [0.3, 0.4) is 0 Å². The number of halogens is 1. The van der Waals surface area contributed by atoms with E-state index in [1.807, 2.05) is 24.3 Å². The van der Waals surface area contributed by atoms with Crippen LogP contribution in [-0.4, -0.2) is 23.3 Å². The fourth-order valence-electron chi connectivity index (χ4n) is 3.02. The van der Waals surface area contributed by atoms with Gasteiger partial charge in [-0.05, 0) is 43.2 Å². The van der Waals surface area contributed by atoms with Crippen molar-refractivity contribution >= 4 is 11.0 Å². The number of nitriles is 1. The highest BCUT2D eigenvalue weighted by atomic mass is 19.1. The Hall–Kier alpha value is -3.07. The number of hydrogen-bond acceptors (Lipinski definition) is 4. The Bertz CT molecular complexity index is 986. The van der Waals surface area contributed by atoms with Crippen LogP contribution in [0.4, 0.5) is 4.39 Å². The summed E-state index contributed by atoms with van der Waals surface area (Å²) in [6.07, 6.45) is 2.13. The van der Waals surface area contributed by atoms with E-state index in [2.05, 4.69) is 9.55 Å². The number of nitrogens with zero attached hydrogens (tertiary/aromatic N) is 3. The number of benzene rings is 2. The number of rotatable bonds is 5. The maximum Gasteiger partial charge on any atom is 0.174 e. The SMILES string of the molecule is COc1cc(-c2nc3c(F)cccc3n2C2CC2)ccc1OCC#N. The van der Waals surface area contributed by atoms with E-state index in [0.29, 0.717) is 28.9 Å². The Labute approximate surface area is 144 Å². The van der Waals surface area contributed by atoms with Crippen molar-refractivity contribution in [2.75, 3.05) is 13.7 Å². The van der Waals surface area contributed by atoms with Gasteiger partial charge >= 0.3 is 0 Å². The summed E-state index contributed by atoms with van der Waals surface area (Å²) in [5.74, 6) is 1.41. The van der Waals surface area contributed by atoms with Gasteiger partial charge in [0.25, 0.3) is 0 Å². The Balaban J connectivity index is 1.86. The van der Waals surface area contributed by atoms with Crippen LogP contribution in [0, 0.1) is 17.1 Å². The molecule has 1 saturated carbocycles. The molecule has 3 aromatic rings. The van der Waals surface area contributed by atoms with E-state index >= 15 is 0 Å². The highest BCUT2D eigenvalue weighted by Gasteiger charge is 2.29. The molecule has 6 heteroatoms. The highest BCUT2D eigenvalue weighted by molar-refractivity contribution is 5.82. The average Bonchev–Trinajstić information content (AvgIpc) is 3.39. The lowest BCUT2D eigenvalue weighted by Gasteiger charge is -2.12. The summed E-state index contributed by atoms with van der Waals surface area (Å²) in [4.78, 5) is 4.55. The van der Waals surface area contributed by atoms with Crippen molar-refractivity contribution in [3.05, 3.63) is 42.2 Å². The molecule has 0 N–H and O–H groups in total. The monoisotopic (exact) mass is 337 g/mol. The fourth-order valence-corrected chi connectivity index (χ4v) is 3.02. The summed E-state index contributed by atoms with van der Waals surface area (Å²) >= 11 is 0. The number of fused-ring (bicyclic) bond motifs is 1. The van der Waals surface area contributed by atoms with E-state index < -0.39 is 0 Å². The second kappa shape index (κ2) is 6.10. The number of aromatic nitrogens is 2. The minimum Gasteiger partial charge on any atom is -0.493 e. The van der Waals surface area contributed by atoms with Gasteiger partial charge in [-0.25, -0.2) is 9.37 Å². The molecule has 5 nitrogen and oxygen atoms in total. The molecular weight excluding hydrogens is 321 g/mol. The van der Waals surface area contributed by atoms with Crippen LogP contribution < -0.4 is 9.47 Å². The van der Waals surface area contributed by atoms with Crippen LogP contribution in [0.1, 0.15) is 18.9 Å². The van der Waals surface area contributed by atoms with Crippen molar-refractivity contribution in [2.24, 2.45) is 0 Å². The molecule has 25 heavy (non-hydrogen) atoms. The molecule has 1 aromatic heterocycles. The first-order valence-electron chi connectivity index (χ1n) is 8.07. The van der Waals surface area contributed by atoms with Gasteiger partial charge in [-0.2, -0.15) is 5.26 Å². The van der Waals surface area contributed by atoms with Crippen molar-refractivity contribution in [3.63, 3.8) is 0 Å². The van der Waals surface area contributed by atoms with E-state index in [1.54, 1.807) is 19.2 Å². The second-order valence-electron chi connectivity index (χ2n) is 5.96. The van der Waals surface area contributed by atoms with E-state index in [-0.39, 0.29) is 12.4 Å². The molecule has 4 rings (SSSR count). The normalized spacial score (nSPS) is 13.6. The van der Waals surface area contributed by atoms with Crippen LogP contribution in [-0.2, 0) is 0 Å². The molecule has 126 valence electrons. The van der Waals surface area contributed by atoms with Gasteiger partial charge < -0.3 is 14.0 Å². The van der Waals surface area contributed by atoms with Crippen molar-refractivity contribution < 1.29 is 13.9 Å².